The van der Waals surface area contributed by atoms with Crippen LogP contribution in [0.4, 0.5) is 42.0 Å². The summed E-state index contributed by atoms with van der Waals surface area (Å²) in [6.07, 6.45) is -3.62. The van der Waals surface area contributed by atoms with Crippen molar-refractivity contribution >= 4 is 40.6 Å². The number of nitrogens with zero attached hydrogens (tertiary/aromatic N) is 4. The Balaban J connectivity index is 1.32. The summed E-state index contributed by atoms with van der Waals surface area (Å²) in [6.45, 7) is 6.37. The second-order valence-corrected chi connectivity index (χ2v) is 11.3. The highest BCUT2D eigenvalue weighted by atomic mass is 19.4. The van der Waals surface area contributed by atoms with Gasteiger partial charge in [0.25, 0.3) is 0 Å². The van der Waals surface area contributed by atoms with Gasteiger partial charge in [0, 0.05) is 63.5 Å². The van der Waals surface area contributed by atoms with Gasteiger partial charge >= 0.3 is 6.18 Å². The van der Waals surface area contributed by atoms with Crippen molar-refractivity contribution in [2.75, 3.05) is 67.9 Å². The number of carbonyl (C=O) groups excluding carboxylic acids is 2. The molecule has 2 aliphatic heterocycles. The van der Waals surface area contributed by atoms with E-state index in [4.69, 9.17) is 9.47 Å². The SMILES string of the molecule is COCCC(=O)N1CCN(c2ccc(Nc3ncc(C(F)(F)F)c(NCc4cccc5c4C(C)(C)C(=O)N5)n3)c(OC)c2)CC1. The molecule has 240 valence electrons. The van der Waals surface area contributed by atoms with Crippen LogP contribution in [0, 0.1) is 0 Å². The lowest BCUT2D eigenvalue weighted by molar-refractivity contribution is -0.137. The largest absolute Gasteiger partial charge is 0.494 e. The molecule has 1 saturated heterocycles. The number of nitrogens with one attached hydrogen (secondary N) is 3. The van der Waals surface area contributed by atoms with Gasteiger partial charge in [0.15, 0.2) is 0 Å². The third-order valence-electron chi connectivity index (χ3n) is 8.08. The average molecular weight is 628 g/mol. The van der Waals surface area contributed by atoms with E-state index >= 15 is 0 Å². The molecule has 3 N–H and O–H groups in total. The number of alkyl halides is 3. The highest BCUT2D eigenvalue weighted by molar-refractivity contribution is 6.06. The fraction of sp³-hybridized carbons (Fsp3) is 0.419. The lowest BCUT2D eigenvalue weighted by Crippen LogP contribution is -2.49. The number of fused-ring (bicyclic) bond motifs is 1. The van der Waals surface area contributed by atoms with Crippen molar-refractivity contribution in [2.45, 2.75) is 38.4 Å². The van der Waals surface area contributed by atoms with Crippen LogP contribution in [0.2, 0.25) is 0 Å². The van der Waals surface area contributed by atoms with Gasteiger partial charge < -0.3 is 35.2 Å². The lowest BCUT2D eigenvalue weighted by atomic mass is 9.83. The van der Waals surface area contributed by atoms with Gasteiger partial charge in [-0.15, -0.1) is 0 Å². The van der Waals surface area contributed by atoms with Gasteiger partial charge in [0.05, 0.1) is 31.2 Å². The topological polar surface area (TPSA) is 121 Å². The second kappa shape index (κ2) is 12.8. The van der Waals surface area contributed by atoms with E-state index < -0.39 is 23.0 Å². The summed E-state index contributed by atoms with van der Waals surface area (Å²) in [6, 6.07) is 10.7. The van der Waals surface area contributed by atoms with Crippen molar-refractivity contribution in [3.63, 3.8) is 0 Å². The van der Waals surface area contributed by atoms with E-state index in [0.717, 1.165) is 17.4 Å². The normalized spacial score (nSPS) is 15.8. The second-order valence-electron chi connectivity index (χ2n) is 11.3. The zero-order valence-electron chi connectivity index (χ0n) is 25.5. The van der Waals surface area contributed by atoms with Crippen LogP contribution in [0.5, 0.6) is 5.75 Å². The van der Waals surface area contributed by atoms with Crippen molar-refractivity contribution in [3.05, 3.63) is 59.3 Å². The number of aromatic nitrogens is 2. The number of ether oxygens (including phenoxy) is 2. The molecule has 1 aromatic heterocycles. The zero-order chi connectivity index (χ0) is 32.4. The number of anilines is 5. The number of piperazine rings is 1. The van der Waals surface area contributed by atoms with Gasteiger partial charge in [0.2, 0.25) is 17.8 Å². The molecule has 0 unspecified atom stereocenters. The third kappa shape index (κ3) is 6.75. The Kier molecular flexibility index (Phi) is 9.05. The van der Waals surface area contributed by atoms with Crippen molar-refractivity contribution in [1.29, 1.82) is 0 Å². The standard InChI is InChI=1S/C31H36F3N7O4/c1-30(2)26-19(6-5-7-23(26)37-28(30)43)17-35-27-21(31(32,33)34)18-36-29(39-27)38-22-9-8-20(16-24(22)45-4)40-11-13-41(14-12-40)25(42)10-15-44-3/h5-9,16,18H,10-15,17H2,1-4H3,(H,37,43)(H2,35,36,38,39). The molecular formula is C31H36F3N7O4. The molecule has 45 heavy (non-hydrogen) atoms. The molecule has 0 aliphatic carbocycles. The number of carbonyl (C=O) groups is 2. The minimum Gasteiger partial charge on any atom is -0.494 e. The quantitative estimate of drug-likeness (QED) is 0.292. The number of rotatable bonds is 10. The first-order valence-electron chi connectivity index (χ1n) is 14.5. The maximum Gasteiger partial charge on any atom is 0.421 e. The van der Waals surface area contributed by atoms with Crippen LogP contribution in [0.1, 0.15) is 37.0 Å². The van der Waals surface area contributed by atoms with E-state index in [1.807, 2.05) is 17.0 Å². The van der Waals surface area contributed by atoms with Crippen molar-refractivity contribution in [2.24, 2.45) is 0 Å². The zero-order valence-corrected chi connectivity index (χ0v) is 25.5. The van der Waals surface area contributed by atoms with E-state index in [1.54, 1.807) is 45.2 Å². The molecule has 1 fully saturated rings. The van der Waals surface area contributed by atoms with Crippen LogP contribution in [0.25, 0.3) is 0 Å². The summed E-state index contributed by atoms with van der Waals surface area (Å²) >= 11 is 0. The number of hydrogen-bond donors (Lipinski definition) is 3. The van der Waals surface area contributed by atoms with Crippen LogP contribution in [0.15, 0.2) is 42.6 Å². The molecule has 0 bridgehead atoms. The van der Waals surface area contributed by atoms with Crippen LogP contribution >= 0.6 is 0 Å². The lowest BCUT2D eigenvalue weighted by Gasteiger charge is -2.36. The molecular weight excluding hydrogens is 591 g/mol. The Bertz CT molecular complexity index is 1570. The highest BCUT2D eigenvalue weighted by Gasteiger charge is 2.40. The first-order chi connectivity index (χ1) is 21.4. The van der Waals surface area contributed by atoms with Crippen molar-refractivity contribution in [3.8, 4) is 5.75 Å². The van der Waals surface area contributed by atoms with Gasteiger partial charge in [-0.1, -0.05) is 12.1 Å². The van der Waals surface area contributed by atoms with Crippen molar-refractivity contribution in [1.82, 2.24) is 14.9 Å². The van der Waals surface area contributed by atoms with Crippen LogP contribution < -0.4 is 25.6 Å². The van der Waals surface area contributed by atoms with Gasteiger partial charge in [-0.05, 0) is 43.2 Å². The Morgan fingerprint density at radius 2 is 1.87 bits per heavy atom. The summed E-state index contributed by atoms with van der Waals surface area (Å²) < 4.78 is 52.4. The number of methoxy groups -OCH3 is 2. The first kappa shape index (κ1) is 31.8. The van der Waals surface area contributed by atoms with Crippen LogP contribution in [0.3, 0.4) is 0 Å². The summed E-state index contributed by atoms with van der Waals surface area (Å²) in [5.41, 5.74) is 1.53. The maximum absolute atomic E-state index is 13.9. The minimum absolute atomic E-state index is 0.00432. The summed E-state index contributed by atoms with van der Waals surface area (Å²) in [5.74, 6) is -0.132. The molecule has 2 aliphatic rings. The maximum atomic E-state index is 13.9. The molecule has 2 amide bonds. The van der Waals surface area contributed by atoms with E-state index in [-0.39, 0.29) is 24.3 Å². The van der Waals surface area contributed by atoms with E-state index in [9.17, 15) is 22.8 Å². The summed E-state index contributed by atoms with van der Waals surface area (Å²) in [4.78, 5) is 36.9. The fourth-order valence-electron chi connectivity index (χ4n) is 5.61. The molecule has 0 spiro atoms. The first-order valence-corrected chi connectivity index (χ1v) is 14.5. The minimum atomic E-state index is -4.70. The number of hydrogen-bond acceptors (Lipinski definition) is 9. The molecule has 3 heterocycles. The molecule has 0 saturated carbocycles. The molecule has 0 atom stereocenters. The van der Waals surface area contributed by atoms with Gasteiger partial charge in [-0.25, -0.2) is 4.98 Å². The average Bonchev–Trinajstić information content (AvgIpc) is 3.26. The fourth-order valence-corrected chi connectivity index (χ4v) is 5.61. The van der Waals surface area contributed by atoms with Crippen LogP contribution in [-0.2, 0) is 32.5 Å². The van der Waals surface area contributed by atoms with E-state index in [2.05, 4.69) is 30.8 Å². The highest BCUT2D eigenvalue weighted by Crippen LogP contribution is 2.41. The van der Waals surface area contributed by atoms with Gasteiger partial charge in [-0.2, -0.15) is 18.2 Å². The number of benzene rings is 2. The Hall–Kier alpha value is -4.59. The van der Waals surface area contributed by atoms with Gasteiger partial charge in [-0.3, -0.25) is 9.59 Å². The molecule has 11 nitrogen and oxygen atoms in total. The molecule has 14 heteroatoms. The van der Waals surface area contributed by atoms with Crippen LogP contribution in [-0.4, -0.2) is 73.7 Å². The Morgan fingerprint density at radius 3 is 2.56 bits per heavy atom. The summed E-state index contributed by atoms with van der Waals surface area (Å²) in [7, 11) is 3.06. The van der Waals surface area contributed by atoms with Gasteiger partial charge in [0.1, 0.15) is 17.1 Å². The summed E-state index contributed by atoms with van der Waals surface area (Å²) in [5, 5.41) is 8.64. The van der Waals surface area contributed by atoms with E-state index in [0.29, 0.717) is 61.9 Å². The third-order valence-corrected chi connectivity index (χ3v) is 8.08. The molecule has 3 aromatic rings. The Morgan fingerprint density at radius 1 is 1.11 bits per heavy atom. The monoisotopic (exact) mass is 627 g/mol. The van der Waals surface area contributed by atoms with E-state index in [1.165, 1.54) is 7.11 Å². The number of amides is 2. The predicted molar refractivity (Wildman–Crippen MR) is 164 cm³/mol. The molecule has 2 aromatic carbocycles. The predicted octanol–water partition coefficient (Wildman–Crippen LogP) is 4.77. The van der Waals surface area contributed by atoms with Crippen molar-refractivity contribution < 1.29 is 32.2 Å². The molecule has 5 rings (SSSR count). The smallest absolute Gasteiger partial charge is 0.421 e. The number of halogens is 3. The Labute approximate surface area is 259 Å². The molecule has 0 radical (unpaired) electrons.